The number of hydrogen-bond donors (Lipinski definition) is 1. The first kappa shape index (κ1) is 22.9. The van der Waals surface area contributed by atoms with E-state index >= 15 is 0 Å². The van der Waals surface area contributed by atoms with Crippen LogP contribution in [0.2, 0.25) is 15.1 Å². The highest BCUT2D eigenvalue weighted by atomic mass is 35.5. The number of piperidine rings is 1. The Hall–Kier alpha value is -2.24. The first-order valence-corrected chi connectivity index (χ1v) is 11.6. The van der Waals surface area contributed by atoms with Gasteiger partial charge < -0.3 is 10.1 Å². The number of likely N-dealkylation sites (tertiary alicyclic amines) is 1. The molecule has 1 amide bonds. The van der Waals surface area contributed by atoms with Gasteiger partial charge in [0.2, 0.25) is 5.91 Å². The predicted octanol–water partition coefficient (Wildman–Crippen LogP) is 7.29. The summed E-state index contributed by atoms with van der Waals surface area (Å²) >= 11 is 18.3. The molecule has 0 radical (unpaired) electrons. The fraction of sp³-hybridized carbons (Fsp3) is 0.240. The van der Waals surface area contributed by atoms with Gasteiger partial charge in [-0.05, 0) is 74.0 Å². The van der Waals surface area contributed by atoms with E-state index in [2.05, 4.69) is 10.2 Å². The Morgan fingerprint density at radius 3 is 2.41 bits per heavy atom. The highest BCUT2D eigenvalue weighted by Crippen LogP contribution is 2.33. The van der Waals surface area contributed by atoms with Crippen molar-refractivity contribution in [3.05, 3.63) is 87.4 Å². The second kappa shape index (κ2) is 10.6. The Labute approximate surface area is 203 Å². The largest absolute Gasteiger partial charge is 0.455 e. The minimum Gasteiger partial charge on any atom is -0.455 e. The van der Waals surface area contributed by atoms with Gasteiger partial charge in [0, 0.05) is 17.5 Å². The number of carbonyl (C=O) groups is 1. The second-order valence-electron chi connectivity index (χ2n) is 7.84. The number of carbonyl (C=O) groups excluding carboxylic acids is 1. The summed E-state index contributed by atoms with van der Waals surface area (Å²) in [6, 6.07) is 20.4. The monoisotopic (exact) mass is 488 g/mol. The average molecular weight is 490 g/mol. The van der Waals surface area contributed by atoms with Crippen LogP contribution in [0.15, 0.2) is 66.7 Å². The van der Waals surface area contributed by atoms with E-state index in [1.54, 1.807) is 18.2 Å². The molecule has 1 N–H and O–H groups in total. The first-order valence-electron chi connectivity index (χ1n) is 10.5. The van der Waals surface area contributed by atoms with Crippen LogP contribution in [-0.4, -0.2) is 23.9 Å². The maximum atomic E-state index is 13.0. The summed E-state index contributed by atoms with van der Waals surface area (Å²) in [4.78, 5) is 15.3. The van der Waals surface area contributed by atoms with Gasteiger partial charge in [-0.15, -0.1) is 0 Å². The lowest BCUT2D eigenvalue weighted by Crippen LogP contribution is -2.37. The standard InChI is InChI=1S/C25H23Cl3N2O2/c26-19-7-9-24(32-20-4-2-1-3-5-20)23(15-19)29-25(31)18-10-12-30(13-11-18)16-17-6-8-21(27)22(28)14-17/h1-9,14-15,18H,10-13,16H2,(H,29,31). The van der Waals surface area contributed by atoms with E-state index in [0.717, 1.165) is 38.0 Å². The minimum atomic E-state index is -0.0661. The van der Waals surface area contributed by atoms with E-state index < -0.39 is 0 Å². The Morgan fingerprint density at radius 2 is 1.69 bits per heavy atom. The summed E-state index contributed by atoms with van der Waals surface area (Å²) in [7, 11) is 0. The zero-order chi connectivity index (χ0) is 22.5. The zero-order valence-electron chi connectivity index (χ0n) is 17.4. The molecule has 3 aromatic carbocycles. The zero-order valence-corrected chi connectivity index (χ0v) is 19.6. The maximum Gasteiger partial charge on any atom is 0.227 e. The molecule has 3 aromatic rings. The van der Waals surface area contributed by atoms with Crippen molar-refractivity contribution in [1.82, 2.24) is 4.90 Å². The fourth-order valence-corrected chi connectivity index (χ4v) is 4.28. The van der Waals surface area contributed by atoms with Crippen molar-refractivity contribution in [3.8, 4) is 11.5 Å². The average Bonchev–Trinajstić information content (AvgIpc) is 2.79. The summed E-state index contributed by atoms with van der Waals surface area (Å²) in [6.07, 6.45) is 1.56. The normalized spacial score (nSPS) is 14.8. The highest BCUT2D eigenvalue weighted by Gasteiger charge is 2.26. The van der Waals surface area contributed by atoms with Crippen molar-refractivity contribution in [2.24, 2.45) is 5.92 Å². The minimum absolute atomic E-state index is 0.0145. The molecule has 7 heteroatoms. The van der Waals surface area contributed by atoms with E-state index in [0.29, 0.717) is 32.3 Å². The van der Waals surface area contributed by atoms with Gasteiger partial charge in [-0.2, -0.15) is 0 Å². The molecule has 1 saturated heterocycles. The third-order valence-electron chi connectivity index (χ3n) is 5.52. The summed E-state index contributed by atoms with van der Waals surface area (Å²) < 4.78 is 5.95. The molecule has 0 atom stereocenters. The first-order chi connectivity index (χ1) is 15.5. The molecule has 1 aliphatic rings. The SMILES string of the molecule is O=C(Nc1cc(Cl)ccc1Oc1ccccc1)C1CCN(Cc2ccc(Cl)c(Cl)c2)CC1. The van der Waals surface area contributed by atoms with Crippen LogP contribution in [-0.2, 0) is 11.3 Å². The Balaban J connectivity index is 1.36. The Morgan fingerprint density at radius 1 is 0.938 bits per heavy atom. The number of ether oxygens (including phenoxy) is 1. The summed E-state index contributed by atoms with van der Waals surface area (Å²) in [5, 5.41) is 4.68. The van der Waals surface area contributed by atoms with Crippen molar-refractivity contribution in [3.63, 3.8) is 0 Å². The molecular weight excluding hydrogens is 467 g/mol. The lowest BCUT2D eigenvalue weighted by Gasteiger charge is -2.31. The van der Waals surface area contributed by atoms with E-state index in [4.69, 9.17) is 39.5 Å². The van der Waals surface area contributed by atoms with E-state index in [1.807, 2.05) is 48.5 Å². The molecule has 0 spiro atoms. The van der Waals surface area contributed by atoms with Gasteiger partial charge >= 0.3 is 0 Å². The molecule has 0 aliphatic carbocycles. The Kier molecular flexibility index (Phi) is 7.59. The molecular formula is C25H23Cl3N2O2. The number of hydrogen-bond acceptors (Lipinski definition) is 3. The molecule has 1 aliphatic heterocycles. The summed E-state index contributed by atoms with van der Waals surface area (Å²) in [5.74, 6) is 1.18. The van der Waals surface area contributed by atoms with Gasteiger partial charge in [0.15, 0.2) is 5.75 Å². The number of anilines is 1. The highest BCUT2D eigenvalue weighted by molar-refractivity contribution is 6.42. The molecule has 4 rings (SSSR count). The number of rotatable bonds is 6. The molecule has 1 heterocycles. The molecule has 0 bridgehead atoms. The van der Waals surface area contributed by atoms with Crippen LogP contribution in [0.1, 0.15) is 18.4 Å². The number of amides is 1. The van der Waals surface area contributed by atoms with Gasteiger partial charge in [-0.3, -0.25) is 9.69 Å². The predicted molar refractivity (Wildman–Crippen MR) is 131 cm³/mol. The van der Waals surface area contributed by atoms with Crippen molar-refractivity contribution in [2.45, 2.75) is 19.4 Å². The van der Waals surface area contributed by atoms with Gasteiger partial charge in [0.1, 0.15) is 5.75 Å². The third-order valence-corrected chi connectivity index (χ3v) is 6.49. The van der Waals surface area contributed by atoms with Gasteiger partial charge in [0.05, 0.1) is 15.7 Å². The van der Waals surface area contributed by atoms with E-state index in [9.17, 15) is 4.79 Å². The number of nitrogens with zero attached hydrogens (tertiary/aromatic N) is 1. The second-order valence-corrected chi connectivity index (χ2v) is 9.09. The molecule has 0 aromatic heterocycles. The lowest BCUT2D eigenvalue weighted by atomic mass is 9.95. The number of nitrogens with one attached hydrogen (secondary N) is 1. The molecule has 0 unspecified atom stereocenters. The van der Waals surface area contributed by atoms with Crippen molar-refractivity contribution >= 4 is 46.4 Å². The van der Waals surface area contributed by atoms with Gasteiger partial charge in [-0.1, -0.05) is 59.1 Å². The van der Waals surface area contributed by atoms with Crippen molar-refractivity contribution < 1.29 is 9.53 Å². The van der Waals surface area contributed by atoms with Crippen LogP contribution >= 0.6 is 34.8 Å². The molecule has 0 saturated carbocycles. The van der Waals surface area contributed by atoms with Crippen LogP contribution in [0.5, 0.6) is 11.5 Å². The van der Waals surface area contributed by atoms with Crippen LogP contribution in [0, 0.1) is 5.92 Å². The topological polar surface area (TPSA) is 41.6 Å². The van der Waals surface area contributed by atoms with Crippen molar-refractivity contribution in [1.29, 1.82) is 0 Å². The van der Waals surface area contributed by atoms with E-state index in [-0.39, 0.29) is 11.8 Å². The maximum absolute atomic E-state index is 13.0. The fourth-order valence-electron chi connectivity index (χ4n) is 3.79. The number of halogens is 3. The van der Waals surface area contributed by atoms with Crippen LogP contribution in [0.25, 0.3) is 0 Å². The number of benzene rings is 3. The summed E-state index contributed by atoms with van der Waals surface area (Å²) in [6.45, 7) is 2.46. The molecule has 32 heavy (non-hydrogen) atoms. The smallest absolute Gasteiger partial charge is 0.227 e. The Bertz CT molecular complexity index is 1080. The quantitative estimate of drug-likeness (QED) is 0.395. The molecule has 1 fully saturated rings. The van der Waals surface area contributed by atoms with Crippen molar-refractivity contribution in [2.75, 3.05) is 18.4 Å². The van der Waals surface area contributed by atoms with Gasteiger partial charge in [0.25, 0.3) is 0 Å². The molecule has 4 nitrogen and oxygen atoms in total. The van der Waals surface area contributed by atoms with Crippen LogP contribution in [0.4, 0.5) is 5.69 Å². The molecule has 166 valence electrons. The summed E-state index contributed by atoms with van der Waals surface area (Å²) in [5.41, 5.74) is 1.69. The lowest BCUT2D eigenvalue weighted by molar-refractivity contribution is -0.121. The van der Waals surface area contributed by atoms with Crippen LogP contribution < -0.4 is 10.1 Å². The van der Waals surface area contributed by atoms with E-state index in [1.165, 1.54) is 0 Å². The van der Waals surface area contributed by atoms with Gasteiger partial charge in [-0.25, -0.2) is 0 Å². The number of para-hydroxylation sites is 1. The van der Waals surface area contributed by atoms with Crippen LogP contribution in [0.3, 0.4) is 0 Å². The third kappa shape index (κ3) is 5.96.